The van der Waals surface area contributed by atoms with E-state index in [2.05, 4.69) is 4.72 Å². The Morgan fingerprint density at radius 1 is 1.00 bits per heavy atom. The SMILES string of the molecule is CCC1CCCCN1S(=O)(=O)c1ccc(S(=O)(=O)NC2CC2)cc1. The maximum atomic E-state index is 12.9. The molecule has 134 valence electrons. The van der Waals surface area contributed by atoms with Gasteiger partial charge >= 0.3 is 0 Å². The van der Waals surface area contributed by atoms with Gasteiger partial charge in [-0.1, -0.05) is 13.3 Å². The maximum absolute atomic E-state index is 12.9. The van der Waals surface area contributed by atoms with E-state index in [1.165, 1.54) is 24.3 Å². The quantitative estimate of drug-likeness (QED) is 0.829. The first-order valence-electron chi connectivity index (χ1n) is 8.49. The van der Waals surface area contributed by atoms with Gasteiger partial charge < -0.3 is 0 Å². The lowest BCUT2D eigenvalue weighted by Gasteiger charge is -2.34. The number of hydrogen-bond acceptors (Lipinski definition) is 4. The number of benzene rings is 1. The summed E-state index contributed by atoms with van der Waals surface area (Å²) in [6, 6.07) is 5.61. The van der Waals surface area contributed by atoms with Crippen LogP contribution >= 0.6 is 0 Å². The van der Waals surface area contributed by atoms with Crippen LogP contribution in [-0.2, 0) is 20.0 Å². The lowest BCUT2D eigenvalue weighted by atomic mass is 10.0. The van der Waals surface area contributed by atoms with Crippen molar-refractivity contribution in [3.05, 3.63) is 24.3 Å². The summed E-state index contributed by atoms with van der Waals surface area (Å²) < 4.78 is 54.2. The Morgan fingerprint density at radius 3 is 2.21 bits per heavy atom. The number of hydrogen-bond donors (Lipinski definition) is 1. The van der Waals surface area contributed by atoms with Gasteiger partial charge in [-0.3, -0.25) is 0 Å². The zero-order valence-electron chi connectivity index (χ0n) is 13.8. The second-order valence-corrected chi connectivity index (χ2v) is 10.1. The summed E-state index contributed by atoms with van der Waals surface area (Å²) in [5, 5.41) is 0. The minimum atomic E-state index is -3.58. The second-order valence-electron chi connectivity index (χ2n) is 6.54. The molecule has 1 N–H and O–H groups in total. The summed E-state index contributed by atoms with van der Waals surface area (Å²) >= 11 is 0. The summed E-state index contributed by atoms with van der Waals surface area (Å²) in [6.07, 6.45) is 5.31. The van der Waals surface area contributed by atoms with Gasteiger partial charge in [-0.25, -0.2) is 21.6 Å². The van der Waals surface area contributed by atoms with Crippen LogP contribution in [0, 0.1) is 0 Å². The van der Waals surface area contributed by atoms with Gasteiger partial charge in [-0.2, -0.15) is 4.31 Å². The van der Waals surface area contributed by atoms with Crippen molar-refractivity contribution in [3.63, 3.8) is 0 Å². The molecule has 1 heterocycles. The third-order valence-corrected chi connectivity index (χ3v) is 8.19. The fourth-order valence-electron chi connectivity index (χ4n) is 3.11. The van der Waals surface area contributed by atoms with E-state index in [0.717, 1.165) is 38.5 Å². The van der Waals surface area contributed by atoms with Gasteiger partial charge in [0.05, 0.1) is 9.79 Å². The summed E-state index contributed by atoms with van der Waals surface area (Å²) in [5.41, 5.74) is 0. The lowest BCUT2D eigenvalue weighted by molar-refractivity contribution is 0.246. The molecular formula is C16H24N2O4S2. The fourth-order valence-corrected chi connectivity index (χ4v) is 6.19. The molecule has 6 nitrogen and oxygen atoms in total. The number of nitrogens with one attached hydrogen (secondary N) is 1. The van der Waals surface area contributed by atoms with Crippen molar-refractivity contribution in [2.45, 2.75) is 67.3 Å². The average Bonchev–Trinajstić information content (AvgIpc) is 3.38. The van der Waals surface area contributed by atoms with E-state index >= 15 is 0 Å². The molecule has 8 heteroatoms. The molecule has 0 radical (unpaired) electrons. The molecule has 24 heavy (non-hydrogen) atoms. The average molecular weight is 373 g/mol. The zero-order chi connectivity index (χ0) is 17.4. The first-order chi connectivity index (χ1) is 11.3. The highest BCUT2D eigenvalue weighted by Gasteiger charge is 2.33. The number of piperidine rings is 1. The Bertz CT molecular complexity index is 784. The molecule has 0 bridgehead atoms. The summed E-state index contributed by atoms with van der Waals surface area (Å²) in [4.78, 5) is 0.271. The third kappa shape index (κ3) is 3.66. The van der Waals surface area contributed by atoms with Crippen LogP contribution in [-0.4, -0.2) is 39.8 Å². The zero-order valence-corrected chi connectivity index (χ0v) is 15.4. The van der Waals surface area contributed by atoms with Crippen LogP contribution in [0.5, 0.6) is 0 Å². The Labute approximate surface area is 144 Å². The second kappa shape index (κ2) is 6.74. The van der Waals surface area contributed by atoms with E-state index in [4.69, 9.17) is 0 Å². The Hall–Kier alpha value is -0.960. The van der Waals surface area contributed by atoms with Crippen molar-refractivity contribution in [3.8, 4) is 0 Å². The Balaban J connectivity index is 1.83. The van der Waals surface area contributed by atoms with Crippen molar-refractivity contribution in [2.24, 2.45) is 0 Å². The summed E-state index contributed by atoms with van der Waals surface area (Å²) in [6.45, 7) is 2.53. The van der Waals surface area contributed by atoms with E-state index in [0.29, 0.717) is 6.54 Å². The Morgan fingerprint density at radius 2 is 1.62 bits per heavy atom. The molecule has 0 aromatic heterocycles. The highest BCUT2D eigenvalue weighted by atomic mass is 32.2. The van der Waals surface area contributed by atoms with E-state index in [1.54, 1.807) is 4.31 Å². The molecule has 1 saturated heterocycles. The largest absolute Gasteiger partial charge is 0.243 e. The molecule has 1 atom stereocenters. The Kier molecular flexibility index (Phi) is 5.01. The molecule has 0 spiro atoms. The molecule has 1 aromatic carbocycles. The molecular weight excluding hydrogens is 348 g/mol. The number of rotatable bonds is 6. The van der Waals surface area contributed by atoms with E-state index in [9.17, 15) is 16.8 Å². The first-order valence-corrected chi connectivity index (χ1v) is 11.4. The molecule has 3 rings (SSSR count). The molecule has 0 amide bonds. The van der Waals surface area contributed by atoms with Gasteiger partial charge in [-0.05, 0) is 56.4 Å². The van der Waals surface area contributed by atoms with Gasteiger partial charge in [0, 0.05) is 18.6 Å². The normalized spacial score (nSPS) is 23.3. The van der Waals surface area contributed by atoms with Gasteiger partial charge in [-0.15, -0.1) is 0 Å². The molecule has 1 aromatic rings. The topological polar surface area (TPSA) is 83.6 Å². The predicted molar refractivity (Wildman–Crippen MR) is 91.6 cm³/mol. The predicted octanol–water partition coefficient (Wildman–Crippen LogP) is 2.08. The van der Waals surface area contributed by atoms with Crippen LogP contribution in [0.3, 0.4) is 0 Å². The maximum Gasteiger partial charge on any atom is 0.243 e. The van der Waals surface area contributed by atoms with E-state index < -0.39 is 20.0 Å². The van der Waals surface area contributed by atoms with Crippen LogP contribution in [0.1, 0.15) is 45.4 Å². The standard InChI is InChI=1S/C16H24N2O4S2/c1-2-14-5-3-4-12-18(14)24(21,22)16-10-8-15(9-11-16)23(19,20)17-13-6-7-13/h8-11,13-14,17H,2-7,12H2,1H3. The number of sulfonamides is 2. The van der Waals surface area contributed by atoms with Crippen LogP contribution in [0.15, 0.2) is 34.1 Å². The monoisotopic (exact) mass is 372 g/mol. The van der Waals surface area contributed by atoms with Crippen molar-refractivity contribution in [1.82, 2.24) is 9.03 Å². The van der Waals surface area contributed by atoms with Crippen molar-refractivity contribution in [2.75, 3.05) is 6.54 Å². The lowest BCUT2D eigenvalue weighted by Crippen LogP contribution is -2.43. The number of nitrogens with zero attached hydrogens (tertiary/aromatic N) is 1. The fraction of sp³-hybridized carbons (Fsp3) is 0.625. The highest BCUT2D eigenvalue weighted by Crippen LogP contribution is 2.28. The molecule has 1 saturated carbocycles. The van der Waals surface area contributed by atoms with Crippen molar-refractivity contribution >= 4 is 20.0 Å². The summed E-state index contributed by atoms with van der Waals surface area (Å²) in [5.74, 6) is 0. The minimum absolute atomic E-state index is 0.0251. The minimum Gasteiger partial charge on any atom is -0.208 e. The molecule has 1 unspecified atom stereocenters. The van der Waals surface area contributed by atoms with Crippen LogP contribution < -0.4 is 4.72 Å². The van der Waals surface area contributed by atoms with Crippen LogP contribution in [0.4, 0.5) is 0 Å². The van der Waals surface area contributed by atoms with E-state index in [1.807, 2.05) is 6.92 Å². The smallest absolute Gasteiger partial charge is 0.208 e. The molecule has 1 aliphatic carbocycles. The molecule has 2 fully saturated rings. The van der Waals surface area contributed by atoms with Gasteiger partial charge in [0.1, 0.15) is 0 Å². The first kappa shape index (κ1) is 17.8. The van der Waals surface area contributed by atoms with Gasteiger partial charge in [0.15, 0.2) is 0 Å². The van der Waals surface area contributed by atoms with Crippen LogP contribution in [0.2, 0.25) is 0 Å². The van der Waals surface area contributed by atoms with Crippen molar-refractivity contribution < 1.29 is 16.8 Å². The van der Waals surface area contributed by atoms with Gasteiger partial charge in [0.2, 0.25) is 20.0 Å². The molecule has 2 aliphatic rings. The van der Waals surface area contributed by atoms with Crippen LogP contribution in [0.25, 0.3) is 0 Å². The summed E-state index contributed by atoms with van der Waals surface area (Å²) in [7, 11) is -7.14. The molecule has 1 aliphatic heterocycles. The highest BCUT2D eigenvalue weighted by molar-refractivity contribution is 7.89. The van der Waals surface area contributed by atoms with Crippen molar-refractivity contribution in [1.29, 1.82) is 0 Å². The van der Waals surface area contributed by atoms with E-state index in [-0.39, 0.29) is 21.9 Å². The van der Waals surface area contributed by atoms with Gasteiger partial charge in [0.25, 0.3) is 0 Å². The third-order valence-electron chi connectivity index (χ3n) is 4.68.